The Morgan fingerprint density at radius 2 is 1.76 bits per heavy atom. The zero-order valence-corrected chi connectivity index (χ0v) is 11.5. The van der Waals surface area contributed by atoms with E-state index in [0.717, 1.165) is 13.0 Å². The second-order valence-electron chi connectivity index (χ2n) is 4.64. The molecule has 0 heterocycles. The summed E-state index contributed by atoms with van der Waals surface area (Å²) in [5.41, 5.74) is 5.34. The summed E-state index contributed by atoms with van der Waals surface area (Å²) >= 11 is 0. The molecule has 0 spiro atoms. The minimum atomic E-state index is 0.715. The molecule has 0 saturated carbocycles. The van der Waals surface area contributed by atoms with Gasteiger partial charge in [-0.2, -0.15) is 0 Å². The fourth-order valence-electron chi connectivity index (χ4n) is 2.02. The molecule has 0 fully saturated rings. The third kappa shape index (κ3) is 4.74. The summed E-state index contributed by atoms with van der Waals surface area (Å²) in [5.74, 6) is 0. The first-order chi connectivity index (χ1) is 8.15. The average molecular weight is 232 g/mol. The molecule has 1 aromatic carbocycles. The van der Waals surface area contributed by atoms with Gasteiger partial charge in [0.1, 0.15) is 0 Å². The Bertz CT molecular complexity index is 354. The third-order valence-corrected chi connectivity index (χ3v) is 2.88. The van der Waals surface area contributed by atoms with Crippen LogP contribution < -0.4 is 0 Å². The Hall–Kier alpha value is -1.08. The summed E-state index contributed by atoms with van der Waals surface area (Å²) in [6, 6.07) is 4.45. The molecule has 0 unspecified atom stereocenters. The van der Waals surface area contributed by atoms with Crippen LogP contribution in [0.25, 0.3) is 6.08 Å². The van der Waals surface area contributed by atoms with Crippen molar-refractivity contribution in [1.29, 1.82) is 0 Å². The van der Waals surface area contributed by atoms with Gasteiger partial charge in [0, 0.05) is 6.61 Å². The van der Waals surface area contributed by atoms with E-state index in [2.05, 4.69) is 52.0 Å². The van der Waals surface area contributed by atoms with Crippen LogP contribution in [0.2, 0.25) is 0 Å². The van der Waals surface area contributed by atoms with Gasteiger partial charge in [0.15, 0.2) is 0 Å². The molecule has 0 N–H and O–H groups in total. The quantitative estimate of drug-likeness (QED) is 0.659. The van der Waals surface area contributed by atoms with Crippen LogP contribution in [0.4, 0.5) is 0 Å². The Balaban J connectivity index is 2.53. The molecule has 0 radical (unpaired) electrons. The highest BCUT2D eigenvalue weighted by Gasteiger charge is 1.99. The lowest BCUT2D eigenvalue weighted by Crippen LogP contribution is -1.94. The first kappa shape index (κ1) is 14.0. The van der Waals surface area contributed by atoms with E-state index in [0.29, 0.717) is 6.61 Å². The standard InChI is InChI=1S/C16H24O/c1-5-6-9-17-10-7-8-16-14(3)11-13(2)12-15(16)4/h7-8,11-12H,5-6,9-10H2,1-4H3/b8-7+. The van der Waals surface area contributed by atoms with Gasteiger partial charge in [-0.15, -0.1) is 0 Å². The molecule has 94 valence electrons. The maximum atomic E-state index is 5.51. The van der Waals surface area contributed by atoms with Crippen molar-refractivity contribution in [1.82, 2.24) is 0 Å². The molecular weight excluding hydrogens is 208 g/mol. The molecule has 17 heavy (non-hydrogen) atoms. The average Bonchev–Trinajstić information content (AvgIpc) is 2.26. The van der Waals surface area contributed by atoms with Crippen molar-refractivity contribution in [2.24, 2.45) is 0 Å². The zero-order chi connectivity index (χ0) is 12.7. The number of benzene rings is 1. The summed E-state index contributed by atoms with van der Waals surface area (Å²) in [4.78, 5) is 0. The molecule has 0 atom stereocenters. The summed E-state index contributed by atoms with van der Waals surface area (Å²) in [5, 5.41) is 0. The Labute approximate surface area is 106 Å². The van der Waals surface area contributed by atoms with Gasteiger partial charge in [-0.3, -0.25) is 0 Å². The Kier molecular flexibility index (Phi) is 5.99. The SMILES string of the molecule is CCCCOC/C=C/c1c(C)cc(C)cc1C. The Morgan fingerprint density at radius 3 is 2.35 bits per heavy atom. The molecule has 1 heteroatoms. The van der Waals surface area contributed by atoms with Gasteiger partial charge in [0.25, 0.3) is 0 Å². The smallest absolute Gasteiger partial charge is 0.0650 e. The minimum absolute atomic E-state index is 0.715. The van der Waals surface area contributed by atoms with Crippen LogP contribution in [0.15, 0.2) is 18.2 Å². The van der Waals surface area contributed by atoms with E-state index in [4.69, 9.17) is 4.74 Å². The fourth-order valence-corrected chi connectivity index (χ4v) is 2.02. The van der Waals surface area contributed by atoms with Crippen LogP contribution in [0, 0.1) is 20.8 Å². The zero-order valence-electron chi connectivity index (χ0n) is 11.5. The van der Waals surface area contributed by atoms with Gasteiger partial charge >= 0.3 is 0 Å². The second kappa shape index (κ2) is 7.29. The summed E-state index contributed by atoms with van der Waals surface area (Å²) in [7, 11) is 0. The number of hydrogen-bond donors (Lipinski definition) is 0. The summed E-state index contributed by atoms with van der Waals surface area (Å²) in [6.45, 7) is 10.2. The van der Waals surface area contributed by atoms with E-state index >= 15 is 0 Å². The molecule has 0 aliphatic carbocycles. The molecule has 0 saturated heterocycles. The largest absolute Gasteiger partial charge is 0.377 e. The van der Waals surface area contributed by atoms with E-state index < -0.39 is 0 Å². The van der Waals surface area contributed by atoms with Gasteiger partial charge in [-0.1, -0.05) is 43.2 Å². The van der Waals surface area contributed by atoms with E-state index in [9.17, 15) is 0 Å². The van der Waals surface area contributed by atoms with Crippen molar-refractivity contribution < 1.29 is 4.74 Å². The number of hydrogen-bond acceptors (Lipinski definition) is 1. The lowest BCUT2D eigenvalue weighted by atomic mass is 9.99. The van der Waals surface area contributed by atoms with Crippen LogP contribution in [-0.2, 0) is 4.74 Å². The van der Waals surface area contributed by atoms with E-state index in [-0.39, 0.29) is 0 Å². The highest BCUT2D eigenvalue weighted by molar-refractivity contribution is 5.58. The van der Waals surface area contributed by atoms with Crippen LogP contribution in [0.1, 0.15) is 42.0 Å². The number of unbranched alkanes of at least 4 members (excludes halogenated alkanes) is 1. The molecular formula is C16H24O. The highest BCUT2D eigenvalue weighted by atomic mass is 16.5. The van der Waals surface area contributed by atoms with E-state index in [1.165, 1.54) is 28.7 Å². The Morgan fingerprint density at radius 1 is 1.12 bits per heavy atom. The van der Waals surface area contributed by atoms with Crippen LogP contribution in [-0.4, -0.2) is 13.2 Å². The summed E-state index contributed by atoms with van der Waals surface area (Å²) < 4.78 is 5.51. The lowest BCUT2D eigenvalue weighted by Gasteiger charge is -2.07. The van der Waals surface area contributed by atoms with E-state index in [1.54, 1.807) is 0 Å². The monoisotopic (exact) mass is 232 g/mol. The lowest BCUT2D eigenvalue weighted by molar-refractivity contribution is 0.159. The molecule has 1 rings (SSSR count). The molecule has 0 aromatic heterocycles. The van der Waals surface area contributed by atoms with E-state index in [1.807, 2.05) is 0 Å². The fraction of sp³-hybridized carbons (Fsp3) is 0.500. The molecule has 1 nitrogen and oxygen atoms in total. The molecule has 0 aliphatic heterocycles. The maximum absolute atomic E-state index is 5.51. The first-order valence-corrected chi connectivity index (χ1v) is 6.47. The van der Waals surface area contributed by atoms with Gasteiger partial charge in [0.05, 0.1) is 6.61 Å². The van der Waals surface area contributed by atoms with Crippen molar-refractivity contribution in [3.05, 3.63) is 40.5 Å². The minimum Gasteiger partial charge on any atom is -0.377 e. The third-order valence-electron chi connectivity index (χ3n) is 2.88. The van der Waals surface area contributed by atoms with Gasteiger partial charge in [-0.25, -0.2) is 0 Å². The topological polar surface area (TPSA) is 9.23 Å². The number of ether oxygens (including phenoxy) is 1. The van der Waals surface area contributed by atoms with Crippen LogP contribution in [0.3, 0.4) is 0 Å². The van der Waals surface area contributed by atoms with Gasteiger partial charge in [0.2, 0.25) is 0 Å². The van der Waals surface area contributed by atoms with Crippen molar-refractivity contribution in [3.8, 4) is 0 Å². The first-order valence-electron chi connectivity index (χ1n) is 6.47. The summed E-state index contributed by atoms with van der Waals surface area (Å²) in [6.07, 6.45) is 6.63. The molecule has 0 amide bonds. The predicted octanol–water partition coefficient (Wildman–Crippen LogP) is 4.44. The number of rotatable bonds is 6. The van der Waals surface area contributed by atoms with Crippen LogP contribution >= 0.6 is 0 Å². The highest BCUT2D eigenvalue weighted by Crippen LogP contribution is 2.17. The van der Waals surface area contributed by atoms with Gasteiger partial charge < -0.3 is 4.74 Å². The molecule has 0 aliphatic rings. The van der Waals surface area contributed by atoms with Crippen molar-refractivity contribution in [2.45, 2.75) is 40.5 Å². The van der Waals surface area contributed by atoms with Crippen molar-refractivity contribution >= 4 is 6.08 Å². The van der Waals surface area contributed by atoms with Gasteiger partial charge in [-0.05, 0) is 43.9 Å². The van der Waals surface area contributed by atoms with Crippen molar-refractivity contribution in [2.75, 3.05) is 13.2 Å². The number of aryl methyl sites for hydroxylation is 3. The van der Waals surface area contributed by atoms with Crippen LogP contribution in [0.5, 0.6) is 0 Å². The second-order valence-corrected chi connectivity index (χ2v) is 4.64. The normalized spacial score (nSPS) is 11.3. The molecule has 1 aromatic rings. The maximum Gasteiger partial charge on any atom is 0.0650 e. The van der Waals surface area contributed by atoms with Crippen molar-refractivity contribution in [3.63, 3.8) is 0 Å². The predicted molar refractivity (Wildman–Crippen MR) is 75.4 cm³/mol. The molecule has 0 bridgehead atoms.